The van der Waals surface area contributed by atoms with Crippen molar-refractivity contribution in [3.63, 3.8) is 0 Å². The Bertz CT molecular complexity index is 2720. The average molecular weight is 668 g/mol. The molecule has 0 fully saturated rings. The van der Waals surface area contributed by atoms with E-state index in [4.69, 9.17) is 19.4 Å². The van der Waals surface area contributed by atoms with E-state index >= 15 is 0 Å². The third-order valence-electron chi connectivity index (χ3n) is 10.6. The van der Waals surface area contributed by atoms with Crippen LogP contribution in [-0.4, -0.2) is 15.0 Å². The van der Waals surface area contributed by atoms with Crippen LogP contribution in [0, 0.1) is 0 Å². The molecule has 246 valence electrons. The second-order valence-electron chi connectivity index (χ2n) is 14.1. The Balaban J connectivity index is 0.961. The Kier molecular flexibility index (Phi) is 6.80. The predicted octanol–water partition coefficient (Wildman–Crippen LogP) is 12.4. The molecule has 0 unspecified atom stereocenters. The fraction of sp³-hybridized carbons (Fsp3) is 0.0625. The maximum atomic E-state index is 6.30. The number of hydrogen-bond donors (Lipinski definition) is 0. The van der Waals surface area contributed by atoms with Gasteiger partial charge in [-0.2, -0.15) is 0 Å². The molecule has 0 radical (unpaired) electrons. The minimum absolute atomic E-state index is 0.0979. The van der Waals surface area contributed by atoms with Crippen LogP contribution in [0.1, 0.15) is 25.0 Å². The number of aromatic nitrogens is 3. The van der Waals surface area contributed by atoms with Crippen molar-refractivity contribution in [2.24, 2.45) is 0 Å². The van der Waals surface area contributed by atoms with Crippen LogP contribution in [0.2, 0.25) is 0 Å². The zero-order valence-electron chi connectivity index (χ0n) is 28.8. The number of para-hydroxylation sites is 1. The SMILES string of the molecule is CC1(C)c2ccc(-c3ccc(-c4ccc(-c5nc(-c6ccccc6)nc(-c6ccccc6)n5)cc4)cc3)cc2-c2cc3oc4ccccc4c3cc21. The van der Waals surface area contributed by atoms with Gasteiger partial charge in [0, 0.05) is 32.9 Å². The maximum Gasteiger partial charge on any atom is 0.164 e. The van der Waals surface area contributed by atoms with Gasteiger partial charge >= 0.3 is 0 Å². The molecular formula is C48H33N3O. The highest BCUT2D eigenvalue weighted by Crippen LogP contribution is 2.51. The molecule has 1 aliphatic rings. The highest BCUT2D eigenvalue weighted by atomic mass is 16.3. The van der Waals surface area contributed by atoms with E-state index in [9.17, 15) is 0 Å². The zero-order valence-corrected chi connectivity index (χ0v) is 28.8. The van der Waals surface area contributed by atoms with E-state index < -0.39 is 0 Å². The molecule has 2 aromatic heterocycles. The van der Waals surface area contributed by atoms with Crippen LogP contribution in [0.5, 0.6) is 0 Å². The van der Waals surface area contributed by atoms with Crippen LogP contribution < -0.4 is 0 Å². The fourth-order valence-corrected chi connectivity index (χ4v) is 7.75. The van der Waals surface area contributed by atoms with Gasteiger partial charge in [-0.05, 0) is 68.8 Å². The lowest BCUT2D eigenvalue weighted by Crippen LogP contribution is -2.14. The van der Waals surface area contributed by atoms with Gasteiger partial charge in [-0.3, -0.25) is 0 Å². The first kappa shape index (κ1) is 30.2. The monoisotopic (exact) mass is 667 g/mol. The molecular weight excluding hydrogens is 635 g/mol. The largest absolute Gasteiger partial charge is 0.456 e. The summed E-state index contributed by atoms with van der Waals surface area (Å²) in [7, 11) is 0. The fourth-order valence-electron chi connectivity index (χ4n) is 7.75. The van der Waals surface area contributed by atoms with Gasteiger partial charge in [0.1, 0.15) is 11.2 Å². The molecule has 0 bridgehead atoms. The first-order chi connectivity index (χ1) is 25.5. The third-order valence-corrected chi connectivity index (χ3v) is 10.6. The minimum Gasteiger partial charge on any atom is -0.456 e. The summed E-state index contributed by atoms with van der Waals surface area (Å²) in [6.07, 6.45) is 0. The number of rotatable bonds is 5. The molecule has 0 spiro atoms. The van der Waals surface area contributed by atoms with Crippen LogP contribution in [0.25, 0.3) is 89.5 Å². The number of furan rings is 1. The Morgan fingerprint density at radius 1 is 0.365 bits per heavy atom. The molecule has 0 aliphatic heterocycles. The van der Waals surface area contributed by atoms with E-state index in [2.05, 4.69) is 105 Å². The van der Waals surface area contributed by atoms with Gasteiger partial charge in [0.05, 0.1) is 0 Å². The van der Waals surface area contributed by atoms with Crippen LogP contribution in [-0.2, 0) is 5.41 Å². The number of benzene rings is 7. The molecule has 0 N–H and O–H groups in total. The van der Waals surface area contributed by atoms with Crippen molar-refractivity contribution in [1.82, 2.24) is 15.0 Å². The van der Waals surface area contributed by atoms with Crippen molar-refractivity contribution in [2.75, 3.05) is 0 Å². The summed E-state index contributed by atoms with van der Waals surface area (Å²) in [6.45, 7) is 4.66. The minimum atomic E-state index is -0.0979. The molecule has 0 amide bonds. The van der Waals surface area contributed by atoms with Crippen molar-refractivity contribution in [3.05, 3.63) is 175 Å². The van der Waals surface area contributed by atoms with Crippen LogP contribution >= 0.6 is 0 Å². The molecule has 7 aromatic carbocycles. The second-order valence-corrected chi connectivity index (χ2v) is 14.1. The predicted molar refractivity (Wildman–Crippen MR) is 212 cm³/mol. The van der Waals surface area contributed by atoms with Gasteiger partial charge in [0.15, 0.2) is 17.5 Å². The van der Waals surface area contributed by atoms with E-state index in [1.807, 2.05) is 72.8 Å². The summed E-state index contributed by atoms with van der Waals surface area (Å²) in [6, 6.07) is 57.3. The molecule has 4 nitrogen and oxygen atoms in total. The van der Waals surface area contributed by atoms with Crippen molar-refractivity contribution in [1.29, 1.82) is 0 Å². The lowest BCUT2D eigenvalue weighted by molar-refractivity contribution is 0.658. The Morgan fingerprint density at radius 2 is 0.827 bits per heavy atom. The van der Waals surface area contributed by atoms with E-state index in [0.29, 0.717) is 17.5 Å². The molecule has 4 heteroatoms. The number of hydrogen-bond acceptors (Lipinski definition) is 4. The quantitative estimate of drug-likeness (QED) is 0.183. The molecule has 9 aromatic rings. The van der Waals surface area contributed by atoms with Gasteiger partial charge in [-0.1, -0.05) is 153 Å². The Labute approximate surface area is 302 Å². The molecule has 2 heterocycles. The second kappa shape index (κ2) is 11.7. The van der Waals surface area contributed by atoms with Gasteiger partial charge in [0.25, 0.3) is 0 Å². The van der Waals surface area contributed by atoms with Gasteiger partial charge in [-0.15, -0.1) is 0 Å². The molecule has 0 atom stereocenters. The summed E-state index contributed by atoms with van der Waals surface area (Å²) in [5.41, 5.74) is 14.5. The Morgan fingerprint density at radius 3 is 1.42 bits per heavy atom. The number of fused-ring (bicyclic) bond motifs is 6. The number of nitrogens with zero attached hydrogens (tertiary/aromatic N) is 3. The van der Waals surface area contributed by atoms with Gasteiger partial charge in [0.2, 0.25) is 0 Å². The van der Waals surface area contributed by atoms with E-state index in [1.165, 1.54) is 44.2 Å². The normalized spacial score (nSPS) is 13.0. The third kappa shape index (κ3) is 4.95. The lowest BCUT2D eigenvalue weighted by Gasteiger charge is -2.21. The van der Waals surface area contributed by atoms with Crippen molar-refractivity contribution in [3.8, 4) is 67.5 Å². The lowest BCUT2D eigenvalue weighted by atomic mass is 9.81. The van der Waals surface area contributed by atoms with Crippen molar-refractivity contribution >= 4 is 21.9 Å². The van der Waals surface area contributed by atoms with Crippen molar-refractivity contribution in [2.45, 2.75) is 19.3 Å². The Hall–Kier alpha value is -6.65. The van der Waals surface area contributed by atoms with Crippen LogP contribution in [0.3, 0.4) is 0 Å². The maximum absolute atomic E-state index is 6.30. The van der Waals surface area contributed by atoms with Crippen LogP contribution in [0.4, 0.5) is 0 Å². The van der Waals surface area contributed by atoms with Gasteiger partial charge in [-0.25, -0.2) is 15.0 Å². The molecule has 0 saturated heterocycles. The summed E-state index contributed by atoms with van der Waals surface area (Å²) < 4.78 is 6.30. The molecule has 10 rings (SSSR count). The zero-order chi connectivity index (χ0) is 34.8. The summed E-state index contributed by atoms with van der Waals surface area (Å²) in [5.74, 6) is 1.97. The smallest absolute Gasteiger partial charge is 0.164 e. The molecule has 0 saturated carbocycles. The standard InChI is InChI=1S/C48H33N3O/c1-48(2)41-26-25-36(27-38(41)39-29-44-40(28-42(39)48)37-15-9-10-16-43(37)52-44)32-19-17-30(18-20-32)31-21-23-35(24-22-31)47-50-45(33-11-5-3-6-12-33)49-46(51-47)34-13-7-4-8-14-34/h3-29H,1-2H3. The van der Waals surface area contributed by atoms with E-state index in [0.717, 1.165) is 39.0 Å². The first-order valence-electron chi connectivity index (χ1n) is 17.7. The molecule has 1 aliphatic carbocycles. The summed E-state index contributed by atoms with van der Waals surface area (Å²) in [4.78, 5) is 14.6. The van der Waals surface area contributed by atoms with Gasteiger partial charge < -0.3 is 4.42 Å². The van der Waals surface area contributed by atoms with Crippen LogP contribution in [0.15, 0.2) is 168 Å². The summed E-state index contributed by atoms with van der Waals surface area (Å²) >= 11 is 0. The van der Waals surface area contributed by atoms with Crippen molar-refractivity contribution < 1.29 is 4.42 Å². The highest BCUT2D eigenvalue weighted by molar-refractivity contribution is 6.07. The topological polar surface area (TPSA) is 51.8 Å². The molecule has 52 heavy (non-hydrogen) atoms. The average Bonchev–Trinajstić information content (AvgIpc) is 3.68. The first-order valence-corrected chi connectivity index (χ1v) is 17.7. The highest BCUT2D eigenvalue weighted by Gasteiger charge is 2.36. The van der Waals surface area contributed by atoms with E-state index in [1.54, 1.807) is 0 Å². The summed E-state index contributed by atoms with van der Waals surface area (Å²) in [5, 5.41) is 2.35. The van der Waals surface area contributed by atoms with E-state index in [-0.39, 0.29) is 5.41 Å².